The van der Waals surface area contributed by atoms with Gasteiger partial charge in [0.15, 0.2) is 13.2 Å². The largest absolute Gasteiger partial charge is 0.484 e. The standard InChI is InChI=1S/C49H48N2O4/c1-47(2,3)33-19-27-39(28-20-33)54-31-45(52)50-37-23-15-35(16-24-37)49(43-13-9-7-11-41(43)42-12-8-10-14-44(42)49)36-17-25-38(26-18-36)51-46(53)32-55-40-29-21-34(22-30-40)48(4,5)6/h7-30H,31-32H2,1-6H3,(H,50,52)(H,51,53). The van der Waals surface area contributed by atoms with E-state index in [4.69, 9.17) is 9.47 Å². The molecule has 0 bridgehead atoms. The highest BCUT2D eigenvalue weighted by Crippen LogP contribution is 2.56. The van der Waals surface area contributed by atoms with Gasteiger partial charge >= 0.3 is 0 Å². The Bertz CT molecular complexity index is 2130. The minimum atomic E-state index is -0.636. The lowest BCUT2D eigenvalue weighted by Gasteiger charge is -2.34. The summed E-state index contributed by atoms with van der Waals surface area (Å²) in [6, 6.07) is 48.9. The van der Waals surface area contributed by atoms with Crippen LogP contribution in [0, 0.1) is 0 Å². The molecular weight excluding hydrogens is 681 g/mol. The number of anilines is 2. The number of amides is 2. The van der Waals surface area contributed by atoms with Gasteiger partial charge in [-0.1, -0.05) is 139 Å². The second kappa shape index (κ2) is 14.9. The molecule has 0 radical (unpaired) electrons. The van der Waals surface area contributed by atoms with Crippen LogP contribution < -0.4 is 20.1 Å². The molecule has 0 atom stereocenters. The Morgan fingerprint density at radius 1 is 0.473 bits per heavy atom. The summed E-state index contributed by atoms with van der Waals surface area (Å²) < 4.78 is 11.6. The molecule has 6 aromatic carbocycles. The van der Waals surface area contributed by atoms with Crippen molar-refractivity contribution in [3.8, 4) is 22.6 Å². The minimum Gasteiger partial charge on any atom is -0.484 e. The highest BCUT2D eigenvalue weighted by Gasteiger charge is 2.45. The van der Waals surface area contributed by atoms with Gasteiger partial charge in [0.2, 0.25) is 0 Å². The predicted octanol–water partition coefficient (Wildman–Crippen LogP) is 10.7. The van der Waals surface area contributed by atoms with E-state index in [1.807, 2.05) is 72.8 Å². The van der Waals surface area contributed by atoms with Crippen LogP contribution in [0.15, 0.2) is 146 Å². The van der Waals surface area contributed by atoms with E-state index >= 15 is 0 Å². The molecule has 0 aromatic heterocycles. The topological polar surface area (TPSA) is 76.7 Å². The van der Waals surface area contributed by atoms with Crippen molar-refractivity contribution < 1.29 is 19.1 Å². The Morgan fingerprint density at radius 3 is 1.16 bits per heavy atom. The van der Waals surface area contributed by atoms with Crippen LogP contribution in [0.1, 0.15) is 74.9 Å². The third-order valence-corrected chi connectivity index (χ3v) is 10.3. The van der Waals surface area contributed by atoms with Crippen molar-refractivity contribution in [3.63, 3.8) is 0 Å². The molecule has 2 amide bonds. The van der Waals surface area contributed by atoms with Crippen molar-refractivity contribution in [2.24, 2.45) is 0 Å². The van der Waals surface area contributed by atoms with E-state index < -0.39 is 5.41 Å². The number of nitrogens with one attached hydrogen (secondary N) is 2. The first kappa shape index (κ1) is 37.2. The number of ether oxygens (including phenoxy) is 2. The molecule has 0 spiro atoms. The van der Waals surface area contributed by atoms with Crippen LogP contribution in [0.3, 0.4) is 0 Å². The summed E-state index contributed by atoms with van der Waals surface area (Å²) in [5.74, 6) is 0.834. The maximum absolute atomic E-state index is 13.0. The number of hydrogen-bond acceptors (Lipinski definition) is 4. The maximum atomic E-state index is 13.0. The highest BCUT2D eigenvalue weighted by molar-refractivity contribution is 5.93. The fourth-order valence-corrected chi connectivity index (χ4v) is 7.43. The van der Waals surface area contributed by atoms with Gasteiger partial charge in [0, 0.05) is 11.4 Å². The number of carbonyl (C=O) groups excluding carboxylic acids is 2. The summed E-state index contributed by atoms with van der Waals surface area (Å²) in [5, 5.41) is 5.99. The molecule has 7 rings (SSSR count). The first-order valence-corrected chi connectivity index (χ1v) is 18.8. The average Bonchev–Trinajstić information content (AvgIpc) is 3.48. The SMILES string of the molecule is CC(C)(C)c1ccc(OCC(=O)Nc2ccc(C3(c4ccc(NC(=O)COc5ccc(C(C)(C)C)cc5)cc4)c4ccccc4-c4ccccc43)cc2)cc1. The van der Waals surface area contributed by atoms with E-state index in [1.165, 1.54) is 33.4 Å². The number of carbonyl (C=O) groups is 2. The third-order valence-electron chi connectivity index (χ3n) is 10.3. The zero-order chi connectivity index (χ0) is 38.8. The van der Waals surface area contributed by atoms with Gasteiger partial charge in [-0.25, -0.2) is 0 Å². The molecule has 6 heteroatoms. The van der Waals surface area contributed by atoms with Crippen LogP contribution >= 0.6 is 0 Å². The predicted molar refractivity (Wildman–Crippen MR) is 222 cm³/mol. The molecule has 2 N–H and O–H groups in total. The number of rotatable bonds is 10. The summed E-state index contributed by atoms with van der Waals surface area (Å²) in [5.41, 5.74) is 10.0. The zero-order valence-corrected chi connectivity index (χ0v) is 32.4. The van der Waals surface area contributed by atoms with Gasteiger partial charge in [-0.2, -0.15) is 0 Å². The van der Waals surface area contributed by atoms with Gasteiger partial charge in [-0.3, -0.25) is 9.59 Å². The quantitative estimate of drug-likeness (QED) is 0.147. The molecule has 6 aromatic rings. The monoisotopic (exact) mass is 728 g/mol. The Hall–Kier alpha value is -6.14. The fraction of sp³-hybridized carbons (Fsp3) is 0.224. The van der Waals surface area contributed by atoms with Gasteiger partial charge in [0.25, 0.3) is 11.8 Å². The van der Waals surface area contributed by atoms with Crippen LogP contribution in [0.5, 0.6) is 11.5 Å². The number of benzene rings is 6. The first-order chi connectivity index (χ1) is 26.3. The van der Waals surface area contributed by atoms with Crippen molar-refractivity contribution in [2.75, 3.05) is 23.8 Å². The van der Waals surface area contributed by atoms with E-state index in [0.717, 1.165) is 11.1 Å². The van der Waals surface area contributed by atoms with Crippen LogP contribution in [0.4, 0.5) is 11.4 Å². The molecule has 1 aliphatic rings. The summed E-state index contributed by atoms with van der Waals surface area (Å²) in [6.07, 6.45) is 0. The van der Waals surface area contributed by atoms with E-state index in [0.29, 0.717) is 22.9 Å². The molecule has 278 valence electrons. The van der Waals surface area contributed by atoms with Gasteiger partial charge < -0.3 is 20.1 Å². The normalized spacial score (nSPS) is 13.0. The lowest BCUT2D eigenvalue weighted by Crippen LogP contribution is -2.28. The lowest BCUT2D eigenvalue weighted by molar-refractivity contribution is -0.118. The van der Waals surface area contributed by atoms with Crippen LogP contribution in [-0.4, -0.2) is 25.0 Å². The second-order valence-corrected chi connectivity index (χ2v) is 16.2. The summed E-state index contributed by atoms with van der Waals surface area (Å²) in [4.78, 5) is 25.9. The Morgan fingerprint density at radius 2 is 0.818 bits per heavy atom. The van der Waals surface area contributed by atoms with Crippen molar-refractivity contribution in [1.29, 1.82) is 0 Å². The average molecular weight is 729 g/mol. The lowest BCUT2D eigenvalue weighted by atomic mass is 9.67. The van der Waals surface area contributed by atoms with Crippen molar-refractivity contribution in [2.45, 2.75) is 57.8 Å². The summed E-state index contributed by atoms with van der Waals surface area (Å²) >= 11 is 0. The Balaban J connectivity index is 1.10. The minimum absolute atomic E-state index is 0.0422. The molecular formula is C49H48N2O4. The second-order valence-electron chi connectivity index (χ2n) is 16.2. The van der Waals surface area contributed by atoms with Gasteiger partial charge in [0.1, 0.15) is 11.5 Å². The molecule has 6 nitrogen and oxygen atoms in total. The van der Waals surface area contributed by atoms with E-state index in [1.54, 1.807) is 0 Å². The fourth-order valence-electron chi connectivity index (χ4n) is 7.43. The van der Waals surface area contributed by atoms with Crippen molar-refractivity contribution >= 4 is 23.2 Å². The van der Waals surface area contributed by atoms with E-state index in [2.05, 4.69) is 125 Å². The Kier molecular flexibility index (Phi) is 10.1. The molecule has 0 fully saturated rings. The van der Waals surface area contributed by atoms with Gasteiger partial charge in [0.05, 0.1) is 5.41 Å². The van der Waals surface area contributed by atoms with E-state index in [-0.39, 0.29) is 35.9 Å². The molecule has 0 saturated heterocycles. The van der Waals surface area contributed by atoms with Crippen LogP contribution in [0.2, 0.25) is 0 Å². The summed E-state index contributed by atoms with van der Waals surface area (Å²) in [7, 11) is 0. The zero-order valence-electron chi connectivity index (χ0n) is 32.4. The van der Waals surface area contributed by atoms with E-state index in [9.17, 15) is 9.59 Å². The van der Waals surface area contributed by atoms with Crippen molar-refractivity contribution in [3.05, 3.63) is 179 Å². The Labute approximate surface area is 324 Å². The smallest absolute Gasteiger partial charge is 0.262 e. The molecule has 0 unspecified atom stereocenters. The number of fused-ring (bicyclic) bond motifs is 3. The van der Waals surface area contributed by atoms with Crippen LogP contribution in [-0.2, 0) is 25.8 Å². The molecule has 0 saturated carbocycles. The molecule has 55 heavy (non-hydrogen) atoms. The van der Waals surface area contributed by atoms with Gasteiger partial charge in [-0.15, -0.1) is 0 Å². The summed E-state index contributed by atoms with van der Waals surface area (Å²) in [6.45, 7) is 12.8. The molecule has 0 aliphatic heterocycles. The molecule has 0 heterocycles. The third kappa shape index (κ3) is 7.76. The number of hydrogen-bond donors (Lipinski definition) is 2. The van der Waals surface area contributed by atoms with Crippen molar-refractivity contribution in [1.82, 2.24) is 0 Å². The first-order valence-electron chi connectivity index (χ1n) is 18.8. The maximum Gasteiger partial charge on any atom is 0.262 e. The van der Waals surface area contributed by atoms with Gasteiger partial charge in [-0.05, 0) is 104 Å². The highest BCUT2D eigenvalue weighted by atomic mass is 16.5. The molecule has 1 aliphatic carbocycles. The van der Waals surface area contributed by atoms with Crippen LogP contribution in [0.25, 0.3) is 11.1 Å².